The van der Waals surface area contributed by atoms with E-state index in [0.717, 1.165) is 4.88 Å². The predicted molar refractivity (Wildman–Crippen MR) is 92.8 cm³/mol. The molecule has 0 radical (unpaired) electrons. The fourth-order valence-electron chi connectivity index (χ4n) is 2.95. The van der Waals surface area contributed by atoms with Crippen LogP contribution in [0.5, 0.6) is 0 Å². The molecule has 1 aliphatic rings. The fraction of sp³-hybridized carbons (Fsp3) is 0.412. The van der Waals surface area contributed by atoms with E-state index in [-0.39, 0.29) is 5.91 Å². The molecular weight excluding hydrogens is 356 g/mol. The SMILES string of the molecule is CCc1onc(C)c1C(=O)N1CCO[C@H](c2nc(-c3cccs3)no2)C1. The van der Waals surface area contributed by atoms with Crippen LogP contribution in [-0.4, -0.2) is 45.8 Å². The Morgan fingerprint density at radius 2 is 2.27 bits per heavy atom. The summed E-state index contributed by atoms with van der Waals surface area (Å²) in [6.45, 7) is 4.95. The number of amides is 1. The van der Waals surface area contributed by atoms with Gasteiger partial charge in [0.2, 0.25) is 5.82 Å². The number of hydrogen-bond acceptors (Lipinski definition) is 8. The predicted octanol–water partition coefficient (Wildman–Crippen LogP) is 2.87. The Labute approximate surface area is 153 Å². The molecule has 0 aliphatic carbocycles. The minimum absolute atomic E-state index is 0.105. The summed E-state index contributed by atoms with van der Waals surface area (Å²) >= 11 is 1.54. The number of aromatic nitrogens is 3. The van der Waals surface area contributed by atoms with Crippen LogP contribution in [0.25, 0.3) is 10.7 Å². The number of nitrogens with zero attached hydrogens (tertiary/aromatic N) is 4. The van der Waals surface area contributed by atoms with Gasteiger partial charge in [-0.1, -0.05) is 23.3 Å². The normalized spacial score (nSPS) is 17.6. The van der Waals surface area contributed by atoms with Crippen molar-refractivity contribution < 1.29 is 18.6 Å². The van der Waals surface area contributed by atoms with Crippen LogP contribution in [-0.2, 0) is 11.2 Å². The molecule has 1 fully saturated rings. The number of aryl methyl sites for hydroxylation is 2. The summed E-state index contributed by atoms with van der Waals surface area (Å²) in [5, 5.41) is 9.88. The summed E-state index contributed by atoms with van der Waals surface area (Å²) in [5.41, 5.74) is 1.14. The number of hydrogen-bond donors (Lipinski definition) is 0. The Balaban J connectivity index is 1.53. The lowest BCUT2D eigenvalue weighted by atomic mass is 10.1. The third-order valence-corrected chi connectivity index (χ3v) is 5.15. The average Bonchev–Trinajstić information content (AvgIpc) is 3.41. The minimum atomic E-state index is -0.445. The van der Waals surface area contributed by atoms with Crippen molar-refractivity contribution in [3.05, 3.63) is 40.4 Å². The van der Waals surface area contributed by atoms with Crippen LogP contribution in [0.2, 0.25) is 0 Å². The molecule has 1 amide bonds. The Morgan fingerprint density at radius 1 is 1.38 bits per heavy atom. The molecule has 4 heterocycles. The van der Waals surface area contributed by atoms with E-state index in [1.807, 2.05) is 24.4 Å². The second-order valence-corrected chi connectivity index (χ2v) is 6.91. The molecule has 1 saturated heterocycles. The van der Waals surface area contributed by atoms with Gasteiger partial charge < -0.3 is 18.7 Å². The molecule has 0 unspecified atom stereocenters. The van der Waals surface area contributed by atoms with Crippen molar-refractivity contribution in [3.8, 4) is 10.7 Å². The lowest BCUT2D eigenvalue weighted by Crippen LogP contribution is -2.42. The first kappa shape index (κ1) is 16.9. The molecule has 1 atom stereocenters. The van der Waals surface area contributed by atoms with Gasteiger partial charge in [-0.05, 0) is 18.4 Å². The summed E-state index contributed by atoms with van der Waals surface area (Å²) in [6, 6.07) is 3.86. The van der Waals surface area contributed by atoms with Crippen molar-refractivity contribution in [1.29, 1.82) is 0 Å². The van der Waals surface area contributed by atoms with E-state index in [0.29, 0.717) is 54.8 Å². The second kappa shape index (κ2) is 7.00. The largest absolute Gasteiger partial charge is 0.365 e. The van der Waals surface area contributed by atoms with Crippen LogP contribution in [0, 0.1) is 6.92 Å². The van der Waals surface area contributed by atoms with E-state index in [4.69, 9.17) is 13.8 Å². The molecule has 0 aromatic carbocycles. The Kier molecular flexibility index (Phi) is 4.56. The first-order chi connectivity index (χ1) is 12.7. The lowest BCUT2D eigenvalue weighted by molar-refractivity contribution is -0.0368. The maximum Gasteiger partial charge on any atom is 0.259 e. The van der Waals surface area contributed by atoms with Gasteiger partial charge in [-0.2, -0.15) is 4.98 Å². The first-order valence-electron chi connectivity index (χ1n) is 8.41. The Bertz CT molecular complexity index is 902. The quantitative estimate of drug-likeness (QED) is 0.693. The summed E-state index contributed by atoms with van der Waals surface area (Å²) in [6.07, 6.45) is 0.169. The molecule has 4 rings (SSSR count). The molecule has 0 spiro atoms. The number of carbonyl (C=O) groups is 1. The van der Waals surface area contributed by atoms with Gasteiger partial charge in [-0.25, -0.2) is 0 Å². The lowest BCUT2D eigenvalue weighted by Gasteiger charge is -2.31. The van der Waals surface area contributed by atoms with Crippen molar-refractivity contribution >= 4 is 17.2 Å². The minimum Gasteiger partial charge on any atom is -0.365 e. The molecule has 1 aliphatic heterocycles. The molecule has 26 heavy (non-hydrogen) atoms. The summed E-state index contributed by atoms with van der Waals surface area (Å²) < 4.78 is 16.4. The van der Waals surface area contributed by atoms with Crippen molar-refractivity contribution in [2.75, 3.05) is 19.7 Å². The van der Waals surface area contributed by atoms with Crippen LogP contribution < -0.4 is 0 Å². The second-order valence-electron chi connectivity index (χ2n) is 5.96. The van der Waals surface area contributed by atoms with E-state index in [1.165, 1.54) is 11.3 Å². The standard InChI is InChI=1S/C17H18N4O4S/c1-3-11-14(10(2)19-24-11)17(22)21-6-7-23-12(9-21)16-18-15(20-25-16)13-5-4-8-26-13/h4-5,8,12H,3,6-7,9H2,1-2H3/t12-/m0/s1. The van der Waals surface area contributed by atoms with Gasteiger partial charge in [0.1, 0.15) is 11.3 Å². The molecule has 0 N–H and O–H groups in total. The molecule has 8 nitrogen and oxygen atoms in total. The van der Waals surface area contributed by atoms with Crippen LogP contribution in [0.15, 0.2) is 26.6 Å². The highest BCUT2D eigenvalue weighted by molar-refractivity contribution is 7.13. The van der Waals surface area contributed by atoms with Gasteiger partial charge in [-0.15, -0.1) is 11.3 Å². The Hall–Kier alpha value is -2.52. The topological polar surface area (TPSA) is 94.5 Å². The third-order valence-electron chi connectivity index (χ3n) is 4.28. The van der Waals surface area contributed by atoms with Gasteiger partial charge >= 0.3 is 0 Å². The van der Waals surface area contributed by atoms with Crippen molar-refractivity contribution in [3.63, 3.8) is 0 Å². The number of carbonyl (C=O) groups excluding carboxylic acids is 1. The Morgan fingerprint density at radius 3 is 3.04 bits per heavy atom. The van der Waals surface area contributed by atoms with Gasteiger partial charge in [0.25, 0.3) is 11.8 Å². The van der Waals surface area contributed by atoms with Gasteiger partial charge in [-0.3, -0.25) is 4.79 Å². The van der Waals surface area contributed by atoms with Crippen molar-refractivity contribution in [2.24, 2.45) is 0 Å². The highest BCUT2D eigenvalue weighted by Crippen LogP contribution is 2.27. The number of thiophene rings is 1. The first-order valence-corrected chi connectivity index (χ1v) is 9.28. The third kappa shape index (κ3) is 3.04. The van der Waals surface area contributed by atoms with Crippen molar-refractivity contribution in [2.45, 2.75) is 26.4 Å². The maximum atomic E-state index is 12.9. The van der Waals surface area contributed by atoms with Crippen LogP contribution >= 0.6 is 11.3 Å². The van der Waals surface area contributed by atoms with Gasteiger partial charge in [0.05, 0.1) is 23.7 Å². The van der Waals surface area contributed by atoms with Crippen LogP contribution in [0.4, 0.5) is 0 Å². The molecule has 3 aromatic heterocycles. The highest BCUT2D eigenvalue weighted by atomic mass is 32.1. The van der Waals surface area contributed by atoms with E-state index in [1.54, 1.807) is 11.8 Å². The molecule has 136 valence electrons. The zero-order valence-electron chi connectivity index (χ0n) is 14.5. The van der Waals surface area contributed by atoms with E-state index in [9.17, 15) is 4.79 Å². The average molecular weight is 374 g/mol. The molecule has 3 aromatic rings. The van der Waals surface area contributed by atoms with E-state index >= 15 is 0 Å². The number of ether oxygens (including phenoxy) is 1. The zero-order chi connectivity index (χ0) is 18.1. The van der Waals surface area contributed by atoms with Gasteiger partial charge in [0, 0.05) is 13.0 Å². The smallest absolute Gasteiger partial charge is 0.259 e. The zero-order valence-corrected chi connectivity index (χ0v) is 15.3. The number of morpholine rings is 1. The number of rotatable bonds is 4. The molecular formula is C17H18N4O4S. The van der Waals surface area contributed by atoms with Crippen molar-refractivity contribution in [1.82, 2.24) is 20.2 Å². The van der Waals surface area contributed by atoms with E-state index < -0.39 is 6.10 Å². The summed E-state index contributed by atoms with van der Waals surface area (Å²) in [5.74, 6) is 1.41. The summed E-state index contributed by atoms with van der Waals surface area (Å²) in [7, 11) is 0. The monoisotopic (exact) mass is 374 g/mol. The molecule has 0 saturated carbocycles. The maximum absolute atomic E-state index is 12.9. The molecule has 9 heteroatoms. The van der Waals surface area contributed by atoms with E-state index in [2.05, 4.69) is 15.3 Å². The van der Waals surface area contributed by atoms with Crippen LogP contribution in [0.3, 0.4) is 0 Å². The van der Waals surface area contributed by atoms with Gasteiger partial charge in [0.15, 0.2) is 6.10 Å². The highest BCUT2D eigenvalue weighted by Gasteiger charge is 2.32. The summed E-state index contributed by atoms with van der Waals surface area (Å²) in [4.78, 5) is 20.0. The van der Waals surface area contributed by atoms with Crippen LogP contribution in [0.1, 0.15) is 40.7 Å². The fourth-order valence-corrected chi connectivity index (χ4v) is 3.59. The molecule has 0 bridgehead atoms.